The monoisotopic (exact) mass is 1180 g/mol. The van der Waals surface area contributed by atoms with Gasteiger partial charge in [0.25, 0.3) is 0 Å². The van der Waals surface area contributed by atoms with E-state index in [9.17, 15) is 24.0 Å². The molecule has 3 aromatic heterocycles. The molecule has 4 amide bonds. The van der Waals surface area contributed by atoms with Crippen molar-refractivity contribution in [3.8, 4) is 29.6 Å². The van der Waals surface area contributed by atoms with Crippen molar-refractivity contribution >= 4 is 62.5 Å². The van der Waals surface area contributed by atoms with Crippen LogP contribution in [0, 0.1) is 24.0 Å². The van der Waals surface area contributed by atoms with Crippen molar-refractivity contribution < 1.29 is 46.9 Å². The van der Waals surface area contributed by atoms with Crippen molar-refractivity contribution in [1.29, 1.82) is 0 Å². The molecule has 0 radical (unpaired) electrons. The van der Waals surface area contributed by atoms with Crippen LogP contribution in [-0.2, 0) is 37.3 Å². The molecule has 6 aliphatic rings. The number of likely N-dealkylation sites (tertiary alicyclic amines) is 1. The summed E-state index contributed by atoms with van der Waals surface area (Å²) in [6.07, 6.45) is 21.4. The number of carbonyl (C=O) groups is 4. The highest BCUT2D eigenvalue weighted by Gasteiger charge is 2.51. The molecule has 86 heavy (non-hydrogen) atoms. The summed E-state index contributed by atoms with van der Waals surface area (Å²) in [4.78, 5) is 87.2. The largest absolute Gasteiger partial charge is 0.461 e. The number of pyridine rings is 1. The molecular weight excluding hydrogens is 1100 g/mol. The summed E-state index contributed by atoms with van der Waals surface area (Å²) in [5.41, 5.74) is 2.30. The van der Waals surface area contributed by atoms with Crippen LogP contribution >= 0.6 is 0 Å². The van der Waals surface area contributed by atoms with Gasteiger partial charge in [0.15, 0.2) is 5.82 Å². The molecule has 6 aliphatic heterocycles. The molecule has 1 N–H and O–H groups in total. The molecule has 0 spiro atoms. The maximum Gasteiger partial charge on any atom is 0.410 e. The maximum atomic E-state index is 17.5. The highest BCUT2D eigenvalue weighted by molar-refractivity contribution is 6.02. The van der Waals surface area contributed by atoms with Crippen molar-refractivity contribution in [3.05, 3.63) is 88.0 Å². The number of unbranched alkanes of at least 4 members (excludes halogenated alkanes) is 5. The van der Waals surface area contributed by atoms with E-state index < -0.39 is 23.6 Å². The Morgan fingerprint density at radius 3 is 2.43 bits per heavy atom. The first-order chi connectivity index (χ1) is 41.8. The number of nitrogens with zero attached hydrogens (tertiary/aromatic N) is 9. The molecule has 2 bridgehead atoms. The number of carbonyl (C=O) groups excluding carboxylic acids is 4. The van der Waals surface area contributed by atoms with Crippen molar-refractivity contribution in [2.45, 2.75) is 158 Å². The van der Waals surface area contributed by atoms with Crippen LogP contribution in [0.5, 0.6) is 6.01 Å². The van der Waals surface area contributed by atoms with Gasteiger partial charge in [-0.05, 0) is 113 Å². The molecule has 3 aromatic carbocycles. The number of nitrogens with one attached hydrogen (secondary N) is 1. The van der Waals surface area contributed by atoms with E-state index in [4.69, 9.17) is 35.3 Å². The second-order valence-corrected chi connectivity index (χ2v) is 24.3. The lowest BCUT2D eigenvalue weighted by Crippen LogP contribution is -2.56. The first-order valence-corrected chi connectivity index (χ1v) is 31.0. The maximum absolute atomic E-state index is 17.5. The van der Waals surface area contributed by atoms with Crippen LogP contribution in [0.25, 0.3) is 44.0 Å². The molecule has 454 valence electrons. The lowest BCUT2D eigenvalue weighted by atomic mass is 9.95. The van der Waals surface area contributed by atoms with Gasteiger partial charge < -0.3 is 28.7 Å². The zero-order chi connectivity index (χ0) is 59.6. The number of anilines is 1. The number of hydrogen-bond acceptors (Lipinski definition) is 14. The van der Waals surface area contributed by atoms with Gasteiger partial charge in [-0.2, -0.15) is 9.97 Å². The summed E-state index contributed by atoms with van der Waals surface area (Å²) in [6.45, 7) is 6.39. The van der Waals surface area contributed by atoms with Crippen molar-refractivity contribution in [2.75, 3.05) is 64.1 Å². The smallest absolute Gasteiger partial charge is 0.410 e. The number of hydrogen-bond donors (Lipinski definition) is 1. The quantitative estimate of drug-likeness (QED) is 0.0431. The van der Waals surface area contributed by atoms with E-state index in [-0.39, 0.29) is 96.0 Å². The number of amides is 4. The van der Waals surface area contributed by atoms with Crippen LogP contribution in [0.1, 0.15) is 133 Å². The number of aryl methyl sites for hydroxylation is 2. The number of fused-ring (bicyclic) bond motifs is 6. The number of rotatable bonds is 20. The average Bonchev–Trinajstić information content (AvgIpc) is 1.52. The second-order valence-electron chi connectivity index (χ2n) is 24.3. The van der Waals surface area contributed by atoms with Crippen LogP contribution in [0.2, 0.25) is 0 Å². The van der Waals surface area contributed by atoms with E-state index in [1.807, 2.05) is 23.1 Å². The molecule has 0 aliphatic carbocycles. The van der Waals surface area contributed by atoms with Gasteiger partial charge in [-0.25, -0.2) is 23.2 Å². The van der Waals surface area contributed by atoms with Gasteiger partial charge in [0.1, 0.15) is 42.1 Å². The Labute approximate surface area is 498 Å². The summed E-state index contributed by atoms with van der Waals surface area (Å²) in [6, 6.07) is 13.0. The number of piperazine rings is 1. The SMILES string of the molecule is C#Cc1c(F)ccc2cccc(-c3ncc4c(N5CC6CCC(C5)N6C(=O)OCCCC)nc(OC[C@@]56CCCN5[C@H](COC(=O)N5CCC(OCCCCCCCc7cccc8c7n(C)c(=O)n8C7CCC(=O)NC7=O)CC5)CC6)nc4c3F)c12. The Morgan fingerprint density at radius 1 is 0.849 bits per heavy atom. The second kappa shape index (κ2) is 25.3. The van der Waals surface area contributed by atoms with E-state index in [1.165, 1.54) is 10.6 Å². The van der Waals surface area contributed by atoms with E-state index >= 15 is 8.78 Å². The minimum Gasteiger partial charge on any atom is -0.461 e. The summed E-state index contributed by atoms with van der Waals surface area (Å²) in [5.74, 6) is 0.850. The van der Waals surface area contributed by atoms with Gasteiger partial charge in [0.2, 0.25) is 11.8 Å². The van der Waals surface area contributed by atoms with Crippen LogP contribution in [0.15, 0.2) is 59.5 Å². The highest BCUT2D eigenvalue weighted by atomic mass is 19.1. The molecule has 3 unspecified atom stereocenters. The molecule has 6 fully saturated rings. The Kier molecular flexibility index (Phi) is 17.3. The number of terminal acetylenes is 1. The molecule has 5 atom stereocenters. The van der Waals surface area contributed by atoms with Crippen molar-refractivity contribution in [1.82, 2.24) is 44.1 Å². The molecule has 6 aromatic rings. The molecule has 9 heterocycles. The number of ether oxygens (including phenoxy) is 4. The number of benzene rings is 3. The average molecular weight is 1180 g/mol. The van der Waals surface area contributed by atoms with Crippen LogP contribution in [0.3, 0.4) is 0 Å². The Morgan fingerprint density at radius 2 is 1.64 bits per heavy atom. The topological polar surface area (TPSA) is 196 Å². The fourth-order valence-corrected chi connectivity index (χ4v) is 14.6. The molecule has 19 nitrogen and oxygen atoms in total. The summed E-state index contributed by atoms with van der Waals surface area (Å²) in [7, 11) is 1.74. The van der Waals surface area contributed by atoms with Crippen LogP contribution < -0.4 is 20.6 Å². The molecule has 21 heteroatoms. The standard InChI is InChI=1S/C65H76F2N10O9/c1-4-6-34-84-64(82)76-43-21-22-44(76)38-74(37-43)59-49-36-68-56(48-18-12-16-41-20-23-50(66)47(5-2)54(41)48)55(67)57(49)70-61(71-59)86-40-65-29-14-31-75(65)45(26-30-65)39-85-63(81)73-32-27-46(28-33-73)83-35-11-9-7-8-10-15-42-17-13-19-51-58(42)72(3)62(80)77(51)52-24-25-53(78)69-60(52)79/h2,12-13,16-20,23,36,43-46,52H,4,6-11,14-15,21-22,24-35,37-40H2,1,3H3,(H,69,78,79)/t43?,44?,45-,52?,65-/m0/s1. The fourth-order valence-electron chi connectivity index (χ4n) is 14.6. The van der Waals surface area contributed by atoms with E-state index in [2.05, 4.69) is 32.9 Å². The Bertz CT molecular complexity index is 3660. The number of halogens is 2. The zero-order valence-corrected chi connectivity index (χ0v) is 49.2. The summed E-state index contributed by atoms with van der Waals surface area (Å²) >= 11 is 0. The van der Waals surface area contributed by atoms with E-state index in [0.29, 0.717) is 78.9 Å². The predicted octanol–water partition coefficient (Wildman–Crippen LogP) is 9.51. The first-order valence-electron chi connectivity index (χ1n) is 31.0. The van der Waals surface area contributed by atoms with E-state index in [1.54, 1.807) is 47.0 Å². The van der Waals surface area contributed by atoms with Gasteiger partial charge in [-0.3, -0.25) is 38.8 Å². The molecular formula is C65H76F2N10O9. The minimum atomic E-state index is -0.723. The molecule has 6 saturated heterocycles. The number of imidazole rings is 1. The normalized spacial score (nSPS) is 22.5. The summed E-state index contributed by atoms with van der Waals surface area (Å²) < 4.78 is 60.4. The lowest BCUT2D eigenvalue weighted by molar-refractivity contribution is -0.135. The Hall–Kier alpha value is -7.70. The van der Waals surface area contributed by atoms with Gasteiger partial charge in [0.05, 0.1) is 52.3 Å². The van der Waals surface area contributed by atoms with Crippen molar-refractivity contribution in [3.63, 3.8) is 0 Å². The fraction of sp³-hybridized carbons (Fsp3) is 0.538. The minimum absolute atomic E-state index is 0.00203. The lowest BCUT2D eigenvalue weighted by Gasteiger charge is -2.41. The summed E-state index contributed by atoms with van der Waals surface area (Å²) in [5, 5.41) is 3.77. The first kappa shape index (κ1) is 58.7. The number of piperidine rings is 2. The third-order valence-corrected chi connectivity index (χ3v) is 19.0. The highest BCUT2D eigenvalue weighted by Crippen LogP contribution is 2.44. The zero-order valence-electron chi connectivity index (χ0n) is 49.2. The number of aromatic nitrogens is 5. The third kappa shape index (κ3) is 11.5. The van der Waals surface area contributed by atoms with E-state index in [0.717, 1.165) is 120 Å². The predicted molar refractivity (Wildman–Crippen MR) is 320 cm³/mol. The Balaban J connectivity index is 0.635. The third-order valence-electron chi connectivity index (χ3n) is 19.0. The van der Waals surface area contributed by atoms with Crippen molar-refractivity contribution in [2.24, 2.45) is 7.05 Å². The van der Waals surface area contributed by atoms with Crippen LogP contribution in [0.4, 0.5) is 24.2 Å². The van der Waals surface area contributed by atoms with Gasteiger partial charge in [-0.15, -0.1) is 6.42 Å². The molecule has 12 rings (SSSR count). The number of para-hydroxylation sites is 1. The molecule has 0 saturated carbocycles. The van der Waals surface area contributed by atoms with Crippen LogP contribution in [-0.4, -0.2) is 152 Å². The van der Waals surface area contributed by atoms with Gasteiger partial charge in [0, 0.05) is 69.4 Å². The van der Waals surface area contributed by atoms with Gasteiger partial charge >= 0.3 is 23.9 Å². The number of imide groups is 1. The van der Waals surface area contributed by atoms with Gasteiger partial charge in [-0.1, -0.05) is 74.9 Å².